The Kier molecular flexibility index (Phi) is 8.90. The summed E-state index contributed by atoms with van der Waals surface area (Å²) in [6, 6.07) is 10.8. The van der Waals surface area contributed by atoms with Crippen LogP contribution in [0.3, 0.4) is 0 Å². The lowest BCUT2D eigenvalue weighted by Gasteiger charge is -2.42. The number of carboxylic acid groups (broad SMARTS) is 2. The molecule has 0 aliphatic carbocycles. The van der Waals surface area contributed by atoms with Crippen LogP contribution in [0.15, 0.2) is 48.5 Å². The van der Waals surface area contributed by atoms with Crippen molar-refractivity contribution in [2.24, 2.45) is 0 Å². The van der Waals surface area contributed by atoms with Crippen LogP contribution in [-0.2, 0) is 33.3 Å². The van der Waals surface area contributed by atoms with Crippen molar-refractivity contribution in [3.8, 4) is 0 Å². The van der Waals surface area contributed by atoms with Crippen LogP contribution in [-0.4, -0.2) is 34.3 Å². The number of carboxylic acids is 2. The molecule has 192 valence electrons. The molecule has 1 heterocycles. The number of carbonyl (C=O) groups is 2. The van der Waals surface area contributed by atoms with Crippen molar-refractivity contribution < 1.29 is 50.9 Å². The van der Waals surface area contributed by atoms with Gasteiger partial charge in [0.15, 0.2) is 0 Å². The first-order valence-corrected chi connectivity index (χ1v) is 10.3. The molecule has 3 rings (SSSR count). The minimum Gasteiger partial charge on any atom is -0.473 e. The Labute approximate surface area is 196 Å². The lowest BCUT2D eigenvalue weighted by molar-refractivity contribution is -0.159. The van der Waals surface area contributed by atoms with Crippen LogP contribution in [0.4, 0.5) is 26.3 Å². The lowest BCUT2D eigenvalue weighted by atomic mass is 9.83. The number of alkyl halides is 6. The Balaban J connectivity index is 0.000000641. The van der Waals surface area contributed by atoms with Gasteiger partial charge in [0, 0.05) is 0 Å². The van der Waals surface area contributed by atoms with Crippen LogP contribution in [0.25, 0.3) is 0 Å². The van der Waals surface area contributed by atoms with Gasteiger partial charge in [0.25, 0.3) is 0 Å². The number of halogens is 6. The van der Waals surface area contributed by atoms with Crippen LogP contribution in [0, 0.1) is 0 Å². The molecule has 2 aromatic carbocycles. The first kappa shape index (κ1) is 28.1. The van der Waals surface area contributed by atoms with Crippen molar-refractivity contribution in [3.05, 3.63) is 70.8 Å². The van der Waals surface area contributed by atoms with Gasteiger partial charge in [-0.3, -0.25) is 0 Å². The third-order valence-corrected chi connectivity index (χ3v) is 5.34. The molecular weight excluding hydrogens is 484 g/mol. The zero-order valence-corrected chi connectivity index (χ0v) is 18.4. The Bertz CT molecular complexity index is 981. The van der Waals surface area contributed by atoms with E-state index in [4.69, 9.17) is 24.5 Å². The quantitative estimate of drug-likeness (QED) is 0.385. The first-order valence-electron chi connectivity index (χ1n) is 10.3. The van der Waals surface area contributed by atoms with E-state index < -0.39 is 41.0 Å². The summed E-state index contributed by atoms with van der Waals surface area (Å²) in [4.78, 5) is 18.2. The number of piperidine rings is 1. The summed E-state index contributed by atoms with van der Waals surface area (Å²) in [5.74, 6) is -3.65. The van der Waals surface area contributed by atoms with Gasteiger partial charge in [0.1, 0.15) is 0 Å². The molecule has 0 saturated carbocycles. The molecule has 3 N–H and O–H groups in total. The third-order valence-electron chi connectivity index (χ3n) is 5.34. The smallest absolute Gasteiger partial charge is 0.416 e. The minimum absolute atomic E-state index is 0.125. The maximum Gasteiger partial charge on any atom is 0.416 e. The van der Waals surface area contributed by atoms with Gasteiger partial charge < -0.3 is 20.3 Å². The van der Waals surface area contributed by atoms with Crippen molar-refractivity contribution >= 4 is 11.9 Å². The fourth-order valence-electron chi connectivity index (χ4n) is 3.67. The highest BCUT2D eigenvalue weighted by Crippen LogP contribution is 2.39. The number of benzene rings is 2. The predicted molar refractivity (Wildman–Crippen MR) is 111 cm³/mol. The number of nitrogens with one attached hydrogen (secondary N) is 1. The van der Waals surface area contributed by atoms with Gasteiger partial charge in [-0.15, -0.1) is 0 Å². The summed E-state index contributed by atoms with van der Waals surface area (Å²) in [6.45, 7) is 2.23. The second kappa shape index (κ2) is 11.1. The van der Waals surface area contributed by atoms with Crippen LogP contribution >= 0.6 is 0 Å². The molecule has 2 unspecified atom stereocenters. The van der Waals surface area contributed by atoms with Gasteiger partial charge in [-0.2, -0.15) is 26.3 Å². The third kappa shape index (κ3) is 7.96. The predicted octanol–water partition coefficient (Wildman–Crippen LogP) is 5.28. The Hall–Kier alpha value is -3.12. The Morgan fingerprint density at radius 1 is 0.971 bits per heavy atom. The van der Waals surface area contributed by atoms with Crippen LogP contribution in [0.2, 0.25) is 0 Å². The van der Waals surface area contributed by atoms with E-state index in [1.165, 1.54) is 0 Å². The first-order chi connectivity index (χ1) is 16.1. The fourth-order valence-corrected chi connectivity index (χ4v) is 3.67. The SMILES string of the molecule is CC1(OCc2cc(C(F)(F)F)cc(C(F)(F)F)c2)CCCNC1c1ccccc1.O=C(O)C(=O)O. The summed E-state index contributed by atoms with van der Waals surface area (Å²) in [7, 11) is 0. The molecule has 12 heteroatoms. The van der Waals surface area contributed by atoms with E-state index in [9.17, 15) is 26.3 Å². The summed E-state index contributed by atoms with van der Waals surface area (Å²) in [5.41, 5.74) is -2.65. The van der Waals surface area contributed by atoms with Gasteiger partial charge in [-0.1, -0.05) is 30.3 Å². The highest BCUT2D eigenvalue weighted by atomic mass is 19.4. The van der Waals surface area contributed by atoms with E-state index in [0.717, 1.165) is 18.5 Å². The van der Waals surface area contributed by atoms with E-state index in [1.54, 1.807) is 0 Å². The zero-order valence-electron chi connectivity index (χ0n) is 18.4. The van der Waals surface area contributed by atoms with Gasteiger partial charge in [0.05, 0.1) is 29.4 Å². The van der Waals surface area contributed by atoms with Crippen LogP contribution in [0.5, 0.6) is 0 Å². The highest BCUT2D eigenvalue weighted by molar-refractivity contribution is 6.27. The van der Waals surface area contributed by atoms with E-state index in [-0.39, 0.29) is 24.3 Å². The topological polar surface area (TPSA) is 95.9 Å². The molecule has 1 saturated heterocycles. The molecule has 6 nitrogen and oxygen atoms in total. The van der Waals surface area contributed by atoms with Gasteiger partial charge >= 0.3 is 24.3 Å². The minimum atomic E-state index is -4.88. The second-order valence-corrected chi connectivity index (χ2v) is 8.03. The molecule has 2 aromatic rings. The zero-order chi connectivity index (χ0) is 26.4. The molecule has 1 fully saturated rings. The number of hydrogen-bond acceptors (Lipinski definition) is 4. The molecular formula is C23H23F6NO5. The lowest BCUT2D eigenvalue weighted by Crippen LogP contribution is -2.48. The monoisotopic (exact) mass is 507 g/mol. The average molecular weight is 507 g/mol. The normalized spacial score (nSPS) is 20.5. The molecule has 1 aliphatic heterocycles. The molecule has 0 spiro atoms. The van der Waals surface area contributed by atoms with Gasteiger partial charge in [-0.05, 0) is 55.6 Å². The molecule has 35 heavy (non-hydrogen) atoms. The largest absolute Gasteiger partial charge is 0.473 e. The number of aliphatic carboxylic acids is 2. The fraction of sp³-hybridized carbons (Fsp3) is 0.391. The summed E-state index contributed by atoms with van der Waals surface area (Å²) in [5, 5.41) is 18.1. The Morgan fingerprint density at radius 2 is 1.49 bits per heavy atom. The van der Waals surface area contributed by atoms with E-state index in [0.29, 0.717) is 18.6 Å². The number of rotatable bonds is 4. The molecule has 0 aromatic heterocycles. The van der Waals surface area contributed by atoms with E-state index in [2.05, 4.69) is 5.32 Å². The van der Waals surface area contributed by atoms with Crippen molar-refractivity contribution in [1.29, 1.82) is 0 Å². The number of hydrogen-bond donors (Lipinski definition) is 3. The maximum absolute atomic E-state index is 13.1. The van der Waals surface area contributed by atoms with E-state index in [1.807, 2.05) is 37.3 Å². The Morgan fingerprint density at radius 3 is 1.94 bits per heavy atom. The van der Waals surface area contributed by atoms with Crippen molar-refractivity contribution in [1.82, 2.24) is 5.32 Å². The number of ether oxygens (including phenoxy) is 1. The summed E-state index contributed by atoms with van der Waals surface area (Å²) in [6.07, 6.45) is -8.33. The summed E-state index contributed by atoms with van der Waals surface area (Å²) >= 11 is 0. The maximum atomic E-state index is 13.1. The van der Waals surface area contributed by atoms with Gasteiger partial charge in [-0.25, -0.2) is 9.59 Å². The molecule has 0 bridgehead atoms. The molecule has 2 atom stereocenters. The summed E-state index contributed by atoms with van der Waals surface area (Å²) < 4.78 is 84.4. The van der Waals surface area contributed by atoms with Crippen molar-refractivity contribution in [2.45, 2.75) is 50.4 Å². The molecule has 1 aliphatic rings. The second-order valence-electron chi connectivity index (χ2n) is 8.03. The average Bonchev–Trinajstić information content (AvgIpc) is 2.78. The molecule has 0 radical (unpaired) electrons. The van der Waals surface area contributed by atoms with Crippen molar-refractivity contribution in [3.63, 3.8) is 0 Å². The highest BCUT2D eigenvalue weighted by Gasteiger charge is 2.40. The molecule has 0 amide bonds. The standard InChI is InChI=1S/C21H21F6NO.C2H2O4/c1-19(8-5-9-28-18(19)15-6-3-2-4-7-15)29-13-14-10-16(20(22,23)24)12-17(11-14)21(25,26)27;3-1(4)2(5)6/h2-4,6-7,10-12,18,28H,5,8-9,13H2,1H3;(H,3,4)(H,5,6). The van der Waals surface area contributed by atoms with E-state index >= 15 is 0 Å². The van der Waals surface area contributed by atoms with Crippen LogP contribution < -0.4 is 5.32 Å². The van der Waals surface area contributed by atoms with Crippen molar-refractivity contribution in [2.75, 3.05) is 6.54 Å². The van der Waals surface area contributed by atoms with Gasteiger partial charge in [0.2, 0.25) is 0 Å². The van der Waals surface area contributed by atoms with Crippen LogP contribution in [0.1, 0.15) is 48.1 Å².